The molecule has 0 unspecified atom stereocenters. The van der Waals surface area contributed by atoms with Crippen LogP contribution in [-0.2, 0) is 0 Å². The van der Waals surface area contributed by atoms with Crippen molar-refractivity contribution < 1.29 is 0 Å². The highest BCUT2D eigenvalue weighted by Crippen LogP contribution is 2.13. The van der Waals surface area contributed by atoms with Crippen molar-refractivity contribution >= 4 is 17.5 Å². The van der Waals surface area contributed by atoms with Gasteiger partial charge in [0.25, 0.3) is 0 Å². The fourth-order valence-corrected chi connectivity index (χ4v) is 0.780. The highest BCUT2D eigenvalue weighted by molar-refractivity contribution is 7.90. The summed E-state index contributed by atoms with van der Waals surface area (Å²) in [6.45, 7) is 3.69. The van der Waals surface area contributed by atoms with Gasteiger partial charge >= 0.3 is 0 Å². The molecule has 0 radical (unpaired) electrons. The van der Waals surface area contributed by atoms with Crippen molar-refractivity contribution in [1.29, 1.82) is 0 Å². The first-order chi connectivity index (χ1) is 4.30. The van der Waals surface area contributed by atoms with Gasteiger partial charge in [-0.3, -0.25) is 0 Å². The Morgan fingerprint density at radius 3 is 2.11 bits per heavy atom. The minimum absolute atomic E-state index is 0.815. The molecule has 0 amide bonds. The van der Waals surface area contributed by atoms with Gasteiger partial charge < -0.3 is 0 Å². The van der Waals surface area contributed by atoms with Gasteiger partial charge in [0.2, 0.25) is 0 Å². The van der Waals surface area contributed by atoms with Crippen LogP contribution in [0, 0.1) is 0 Å². The summed E-state index contributed by atoms with van der Waals surface area (Å²) in [7, 11) is 0. The van der Waals surface area contributed by atoms with Gasteiger partial charge in [0.15, 0.2) is 0 Å². The van der Waals surface area contributed by atoms with Crippen molar-refractivity contribution in [1.82, 2.24) is 0 Å². The second-order valence-electron chi connectivity index (χ2n) is 1.81. The van der Waals surface area contributed by atoms with E-state index in [9.17, 15) is 0 Å². The van der Waals surface area contributed by atoms with Crippen LogP contribution in [0.2, 0.25) is 0 Å². The molecule has 1 rings (SSSR count). The van der Waals surface area contributed by atoms with Crippen LogP contribution in [0.3, 0.4) is 0 Å². The third-order valence-electron chi connectivity index (χ3n) is 1.11. The topological polar surface area (TPSA) is 0 Å². The molecule has 0 aliphatic heterocycles. The van der Waals surface area contributed by atoms with Crippen LogP contribution in [0.5, 0.6) is 0 Å². The molecule has 0 aromatic heterocycles. The molecule has 0 saturated carbocycles. The average molecular weight is 136 g/mol. The Kier molecular flexibility index (Phi) is 1.96. The summed E-state index contributed by atoms with van der Waals surface area (Å²) in [5.74, 6) is 0. The first-order valence-corrected chi connectivity index (χ1v) is 3.19. The Balaban J connectivity index is 2.98. The van der Waals surface area contributed by atoms with Crippen LogP contribution in [0.25, 0.3) is 4.91 Å². The van der Waals surface area contributed by atoms with Crippen LogP contribution in [0.15, 0.2) is 36.9 Å². The largest absolute Gasteiger partial charge is 0.143 e. The summed E-state index contributed by atoms with van der Waals surface area (Å²) in [6, 6.07) is 9.87. The van der Waals surface area contributed by atoms with Gasteiger partial charge in [-0.05, 0) is 5.56 Å². The van der Waals surface area contributed by atoms with E-state index in [1.165, 1.54) is 0 Å². The number of hydrogen-bond acceptors (Lipinski definition) is 1. The summed E-state index contributed by atoms with van der Waals surface area (Å²) in [4.78, 5) is 0.815. The molecular weight excluding hydrogens is 128 g/mol. The molecule has 0 N–H and O–H groups in total. The lowest BCUT2D eigenvalue weighted by atomic mass is 10.2. The molecule has 0 aliphatic rings. The highest BCUT2D eigenvalue weighted by atomic mass is 32.1. The lowest BCUT2D eigenvalue weighted by molar-refractivity contribution is 1.66. The smallest absolute Gasteiger partial charge is 0.00405 e. The predicted octanol–water partition coefficient (Wildman–Crippen LogP) is 2.59. The molecule has 46 valence electrons. The monoisotopic (exact) mass is 136 g/mol. The van der Waals surface area contributed by atoms with Crippen molar-refractivity contribution in [3.63, 3.8) is 0 Å². The lowest BCUT2D eigenvalue weighted by Crippen LogP contribution is -1.70. The summed E-state index contributed by atoms with van der Waals surface area (Å²) in [6.07, 6.45) is 0. The Morgan fingerprint density at radius 1 is 1.22 bits per heavy atom. The van der Waals surface area contributed by atoms with Gasteiger partial charge in [-0.1, -0.05) is 36.9 Å². The number of benzene rings is 1. The van der Waals surface area contributed by atoms with Gasteiger partial charge in [-0.25, -0.2) is 0 Å². The Morgan fingerprint density at radius 2 is 1.78 bits per heavy atom. The van der Waals surface area contributed by atoms with Crippen LogP contribution < -0.4 is 0 Å². The van der Waals surface area contributed by atoms with Crippen molar-refractivity contribution in [2.24, 2.45) is 0 Å². The second kappa shape index (κ2) is 2.74. The van der Waals surface area contributed by atoms with Crippen molar-refractivity contribution in [3.05, 3.63) is 42.5 Å². The van der Waals surface area contributed by atoms with Crippen LogP contribution in [0.4, 0.5) is 0 Å². The third kappa shape index (κ3) is 1.61. The van der Waals surface area contributed by atoms with E-state index in [4.69, 9.17) is 0 Å². The molecular formula is C8H8S. The minimum atomic E-state index is 0.815. The van der Waals surface area contributed by atoms with E-state index in [0.29, 0.717) is 0 Å². The molecule has 0 fully saturated rings. The van der Waals surface area contributed by atoms with Gasteiger partial charge in [-0.2, -0.15) is 0 Å². The maximum atomic E-state index is 4.09. The molecule has 0 atom stereocenters. The summed E-state index contributed by atoms with van der Waals surface area (Å²) >= 11 is 4.09. The fraction of sp³-hybridized carbons (Fsp3) is 0. The average Bonchev–Trinajstić information content (AvgIpc) is 1.90. The van der Waals surface area contributed by atoms with Crippen LogP contribution in [0.1, 0.15) is 5.56 Å². The zero-order valence-electron chi connectivity index (χ0n) is 5.04. The standard InChI is InChI=1S/C8H8S/c1-7(9)8-5-3-2-4-6-8/h2-6,9H,1H2. The van der Waals surface area contributed by atoms with Crippen LogP contribution in [-0.4, -0.2) is 0 Å². The van der Waals surface area contributed by atoms with Gasteiger partial charge in [0.05, 0.1) is 0 Å². The van der Waals surface area contributed by atoms with Gasteiger partial charge in [0.1, 0.15) is 0 Å². The Labute approximate surface area is 60.6 Å². The van der Waals surface area contributed by atoms with E-state index in [1.54, 1.807) is 0 Å². The van der Waals surface area contributed by atoms with Crippen molar-refractivity contribution in [2.75, 3.05) is 0 Å². The molecule has 1 aromatic rings. The molecule has 0 saturated heterocycles. The van der Waals surface area contributed by atoms with Crippen LogP contribution >= 0.6 is 12.6 Å². The Hall–Kier alpha value is -0.690. The maximum absolute atomic E-state index is 4.09. The van der Waals surface area contributed by atoms with E-state index < -0.39 is 0 Å². The van der Waals surface area contributed by atoms with E-state index in [2.05, 4.69) is 19.2 Å². The summed E-state index contributed by atoms with van der Waals surface area (Å²) in [5, 5.41) is 0. The number of thiol groups is 1. The molecule has 0 aliphatic carbocycles. The summed E-state index contributed by atoms with van der Waals surface area (Å²) < 4.78 is 0. The maximum Gasteiger partial charge on any atom is 0.00405 e. The minimum Gasteiger partial charge on any atom is -0.143 e. The molecule has 9 heavy (non-hydrogen) atoms. The van der Waals surface area contributed by atoms with Gasteiger partial charge in [0, 0.05) is 4.91 Å². The highest BCUT2D eigenvalue weighted by Gasteiger charge is 1.87. The third-order valence-corrected chi connectivity index (χ3v) is 1.37. The lowest BCUT2D eigenvalue weighted by Gasteiger charge is -1.93. The van der Waals surface area contributed by atoms with E-state index in [-0.39, 0.29) is 0 Å². The van der Waals surface area contributed by atoms with E-state index in [1.807, 2.05) is 30.3 Å². The molecule has 1 aromatic carbocycles. The predicted molar refractivity (Wildman–Crippen MR) is 44.5 cm³/mol. The zero-order chi connectivity index (χ0) is 6.69. The quantitative estimate of drug-likeness (QED) is 0.564. The first kappa shape index (κ1) is 6.43. The molecule has 0 bridgehead atoms. The normalized spacial score (nSPS) is 9.00. The van der Waals surface area contributed by atoms with Crippen molar-refractivity contribution in [3.8, 4) is 0 Å². The van der Waals surface area contributed by atoms with Gasteiger partial charge in [-0.15, -0.1) is 12.6 Å². The molecule has 0 spiro atoms. The SMILES string of the molecule is C=C(S)c1ccccc1. The van der Waals surface area contributed by atoms with Crippen molar-refractivity contribution in [2.45, 2.75) is 0 Å². The molecule has 0 heterocycles. The second-order valence-corrected chi connectivity index (χ2v) is 2.35. The molecule has 1 heteroatoms. The zero-order valence-corrected chi connectivity index (χ0v) is 5.94. The number of rotatable bonds is 1. The number of hydrogen-bond donors (Lipinski definition) is 1. The Bertz CT molecular complexity index is 201. The van der Waals surface area contributed by atoms with E-state index in [0.717, 1.165) is 10.5 Å². The summed E-state index contributed by atoms with van der Waals surface area (Å²) in [5.41, 5.74) is 1.08. The fourth-order valence-electron chi connectivity index (χ4n) is 0.631. The molecule has 0 nitrogen and oxygen atoms in total. The van der Waals surface area contributed by atoms with E-state index >= 15 is 0 Å². The first-order valence-electron chi connectivity index (χ1n) is 2.74.